The number of hydrogen-bond donors (Lipinski definition) is 1. The topological polar surface area (TPSA) is 77.6 Å². The Bertz CT molecular complexity index is 871. The molecule has 0 saturated carbocycles. The van der Waals surface area contributed by atoms with Gasteiger partial charge in [0.1, 0.15) is 5.75 Å². The van der Waals surface area contributed by atoms with Crippen molar-refractivity contribution in [2.45, 2.75) is 24.4 Å². The quantitative estimate of drug-likeness (QED) is 0.505. The zero-order valence-corrected chi connectivity index (χ0v) is 17.1. The predicted molar refractivity (Wildman–Crippen MR) is 109 cm³/mol. The fourth-order valence-electron chi connectivity index (χ4n) is 2.42. The first-order chi connectivity index (χ1) is 13.5. The number of nitrogens with zero attached hydrogens (tertiary/aromatic N) is 2. The standard InChI is InChI=1S/C20H21ClN2O4S/c1-13(14-3-7-16(21)8-4-14)26-11-17(24)12-28-20-23-22-19(27-20)15-5-9-18(25-2)10-6-15/h3-10,13,17,24H,11-12H2,1-2H3/t13-,17+/m0/s1. The fraction of sp³-hybridized carbons (Fsp3) is 0.300. The minimum Gasteiger partial charge on any atom is -0.497 e. The second-order valence-corrected chi connectivity index (χ2v) is 7.50. The summed E-state index contributed by atoms with van der Waals surface area (Å²) in [5.74, 6) is 1.57. The van der Waals surface area contributed by atoms with Crippen molar-refractivity contribution in [3.63, 3.8) is 0 Å². The monoisotopic (exact) mass is 420 g/mol. The van der Waals surface area contributed by atoms with Gasteiger partial charge in [-0.15, -0.1) is 10.2 Å². The Balaban J connectivity index is 1.46. The van der Waals surface area contributed by atoms with Gasteiger partial charge in [0.2, 0.25) is 5.89 Å². The molecule has 0 aliphatic heterocycles. The molecule has 1 aromatic heterocycles. The first kappa shape index (κ1) is 20.7. The number of benzene rings is 2. The van der Waals surface area contributed by atoms with E-state index in [1.807, 2.05) is 55.5 Å². The van der Waals surface area contributed by atoms with Crippen molar-refractivity contribution in [2.24, 2.45) is 0 Å². The zero-order valence-electron chi connectivity index (χ0n) is 15.5. The average Bonchev–Trinajstić information content (AvgIpc) is 3.20. The third-order valence-corrected chi connectivity index (χ3v) is 5.24. The van der Waals surface area contributed by atoms with Crippen LogP contribution in [0.15, 0.2) is 58.2 Å². The molecule has 28 heavy (non-hydrogen) atoms. The van der Waals surface area contributed by atoms with Crippen LogP contribution in [0.3, 0.4) is 0 Å². The van der Waals surface area contributed by atoms with E-state index in [1.54, 1.807) is 7.11 Å². The molecule has 6 nitrogen and oxygen atoms in total. The second kappa shape index (κ2) is 9.93. The third-order valence-electron chi connectivity index (χ3n) is 4.02. The molecule has 2 aromatic carbocycles. The van der Waals surface area contributed by atoms with Gasteiger partial charge in [0.15, 0.2) is 0 Å². The van der Waals surface area contributed by atoms with Crippen LogP contribution in [-0.4, -0.2) is 40.9 Å². The van der Waals surface area contributed by atoms with E-state index < -0.39 is 6.10 Å². The Kier molecular flexibility index (Phi) is 7.33. The number of ether oxygens (including phenoxy) is 2. The summed E-state index contributed by atoms with van der Waals surface area (Å²) in [6.07, 6.45) is -0.793. The molecule has 0 aliphatic rings. The van der Waals surface area contributed by atoms with E-state index in [0.717, 1.165) is 16.9 Å². The van der Waals surface area contributed by atoms with Crippen molar-refractivity contribution >= 4 is 23.4 Å². The Labute approximate surface area is 172 Å². The lowest BCUT2D eigenvalue weighted by molar-refractivity contribution is 0.00618. The molecule has 0 aliphatic carbocycles. The molecule has 148 valence electrons. The van der Waals surface area contributed by atoms with Crippen LogP contribution in [0, 0.1) is 0 Å². The Morgan fingerprint density at radius 2 is 1.82 bits per heavy atom. The average molecular weight is 421 g/mol. The van der Waals surface area contributed by atoms with Crippen molar-refractivity contribution in [2.75, 3.05) is 19.5 Å². The molecule has 0 bridgehead atoms. The van der Waals surface area contributed by atoms with E-state index in [-0.39, 0.29) is 12.7 Å². The van der Waals surface area contributed by atoms with Crippen LogP contribution < -0.4 is 4.74 Å². The first-order valence-electron chi connectivity index (χ1n) is 8.71. The summed E-state index contributed by atoms with van der Waals surface area (Å²) in [5, 5.41) is 19.3. The van der Waals surface area contributed by atoms with E-state index in [0.29, 0.717) is 21.9 Å². The SMILES string of the molecule is COc1ccc(-c2nnc(SC[C@H](O)CO[C@@H](C)c3ccc(Cl)cc3)o2)cc1. The third kappa shape index (κ3) is 5.72. The summed E-state index contributed by atoms with van der Waals surface area (Å²) >= 11 is 7.18. The maximum atomic E-state index is 10.2. The molecular weight excluding hydrogens is 400 g/mol. The van der Waals surface area contributed by atoms with Crippen molar-refractivity contribution in [3.8, 4) is 17.2 Å². The van der Waals surface area contributed by atoms with Gasteiger partial charge in [-0.05, 0) is 48.9 Å². The summed E-state index contributed by atoms with van der Waals surface area (Å²) in [6, 6.07) is 14.8. The van der Waals surface area contributed by atoms with Gasteiger partial charge >= 0.3 is 0 Å². The van der Waals surface area contributed by atoms with Gasteiger partial charge in [0.25, 0.3) is 5.22 Å². The molecule has 0 amide bonds. The Morgan fingerprint density at radius 3 is 2.50 bits per heavy atom. The molecular formula is C20H21ClN2O4S. The number of hydrogen-bond acceptors (Lipinski definition) is 7. The fourth-order valence-corrected chi connectivity index (χ4v) is 3.21. The summed E-state index contributed by atoms with van der Waals surface area (Å²) in [6.45, 7) is 2.14. The summed E-state index contributed by atoms with van der Waals surface area (Å²) < 4.78 is 16.5. The van der Waals surface area contributed by atoms with E-state index in [2.05, 4.69) is 10.2 Å². The number of aliphatic hydroxyl groups excluding tert-OH is 1. The number of rotatable bonds is 9. The molecule has 1 N–H and O–H groups in total. The van der Waals surface area contributed by atoms with Crippen LogP contribution in [0.4, 0.5) is 0 Å². The lowest BCUT2D eigenvalue weighted by Crippen LogP contribution is -2.19. The van der Waals surface area contributed by atoms with Crippen molar-refractivity contribution < 1.29 is 19.0 Å². The van der Waals surface area contributed by atoms with Crippen LogP contribution >= 0.6 is 23.4 Å². The van der Waals surface area contributed by atoms with Crippen molar-refractivity contribution in [3.05, 3.63) is 59.1 Å². The summed E-state index contributed by atoms with van der Waals surface area (Å²) in [4.78, 5) is 0. The molecule has 2 atom stereocenters. The number of aromatic nitrogens is 2. The highest BCUT2D eigenvalue weighted by Gasteiger charge is 2.14. The predicted octanol–water partition coefficient (Wildman–Crippen LogP) is 4.63. The van der Waals surface area contributed by atoms with E-state index in [4.69, 9.17) is 25.5 Å². The van der Waals surface area contributed by atoms with Crippen molar-refractivity contribution in [1.29, 1.82) is 0 Å². The highest BCUT2D eigenvalue weighted by molar-refractivity contribution is 7.99. The minimum atomic E-state index is -0.656. The molecule has 1 heterocycles. The Morgan fingerprint density at radius 1 is 1.11 bits per heavy atom. The number of thioether (sulfide) groups is 1. The van der Waals surface area contributed by atoms with Crippen LogP contribution in [-0.2, 0) is 4.74 Å². The van der Waals surface area contributed by atoms with Gasteiger partial charge in [0.05, 0.1) is 25.9 Å². The first-order valence-corrected chi connectivity index (χ1v) is 10.1. The maximum Gasteiger partial charge on any atom is 0.276 e. The van der Waals surface area contributed by atoms with Crippen LogP contribution in [0.2, 0.25) is 5.02 Å². The Hall–Kier alpha value is -2.06. The summed E-state index contributed by atoms with van der Waals surface area (Å²) in [5.41, 5.74) is 1.81. The van der Waals surface area contributed by atoms with Crippen LogP contribution in [0.5, 0.6) is 5.75 Å². The van der Waals surface area contributed by atoms with Gasteiger partial charge in [0, 0.05) is 16.3 Å². The van der Waals surface area contributed by atoms with Gasteiger partial charge in [-0.2, -0.15) is 0 Å². The smallest absolute Gasteiger partial charge is 0.276 e. The molecule has 0 spiro atoms. The van der Waals surface area contributed by atoms with Crippen LogP contribution in [0.1, 0.15) is 18.6 Å². The molecule has 3 aromatic rings. The molecule has 3 rings (SSSR count). The molecule has 0 fully saturated rings. The normalized spacial score (nSPS) is 13.3. The zero-order chi connectivity index (χ0) is 19.9. The number of methoxy groups -OCH3 is 1. The minimum absolute atomic E-state index is 0.137. The largest absolute Gasteiger partial charge is 0.497 e. The second-order valence-electron chi connectivity index (χ2n) is 6.09. The molecule has 0 radical (unpaired) electrons. The lowest BCUT2D eigenvalue weighted by atomic mass is 10.1. The highest BCUT2D eigenvalue weighted by Crippen LogP contribution is 2.25. The van der Waals surface area contributed by atoms with Crippen LogP contribution in [0.25, 0.3) is 11.5 Å². The highest BCUT2D eigenvalue weighted by atomic mass is 35.5. The maximum absolute atomic E-state index is 10.2. The molecule has 0 unspecified atom stereocenters. The van der Waals surface area contributed by atoms with E-state index in [1.165, 1.54) is 11.8 Å². The number of aliphatic hydroxyl groups is 1. The molecule has 8 heteroatoms. The van der Waals surface area contributed by atoms with Gasteiger partial charge < -0.3 is 19.0 Å². The van der Waals surface area contributed by atoms with E-state index >= 15 is 0 Å². The van der Waals surface area contributed by atoms with E-state index in [9.17, 15) is 5.11 Å². The van der Waals surface area contributed by atoms with Gasteiger partial charge in [-0.3, -0.25) is 0 Å². The number of halogens is 1. The summed E-state index contributed by atoms with van der Waals surface area (Å²) in [7, 11) is 1.61. The van der Waals surface area contributed by atoms with Crippen molar-refractivity contribution in [1.82, 2.24) is 10.2 Å². The lowest BCUT2D eigenvalue weighted by Gasteiger charge is -2.16. The van der Waals surface area contributed by atoms with Gasteiger partial charge in [-0.25, -0.2) is 0 Å². The molecule has 0 saturated heterocycles. The van der Waals surface area contributed by atoms with Gasteiger partial charge in [-0.1, -0.05) is 35.5 Å².